The first kappa shape index (κ1) is 31.5. The number of carbonyl (C=O) groups excluding carboxylic acids is 2. The van der Waals surface area contributed by atoms with Gasteiger partial charge < -0.3 is 29.9 Å². The van der Waals surface area contributed by atoms with Crippen LogP contribution in [0.2, 0.25) is 0 Å². The molecule has 0 atom stereocenters. The van der Waals surface area contributed by atoms with Gasteiger partial charge in [0, 0.05) is 12.1 Å². The van der Waals surface area contributed by atoms with E-state index in [0.717, 1.165) is 11.1 Å². The summed E-state index contributed by atoms with van der Waals surface area (Å²) in [5, 5.41) is 38.8. The summed E-state index contributed by atoms with van der Waals surface area (Å²) >= 11 is 0. The third-order valence-corrected chi connectivity index (χ3v) is 6.51. The first-order valence-electron chi connectivity index (χ1n) is 13.6. The van der Waals surface area contributed by atoms with E-state index in [9.17, 15) is 30.0 Å². The van der Waals surface area contributed by atoms with Crippen LogP contribution in [0.3, 0.4) is 0 Å². The van der Waals surface area contributed by atoms with E-state index in [1.54, 1.807) is 18.2 Å². The van der Waals surface area contributed by atoms with Crippen LogP contribution >= 0.6 is 0 Å². The van der Waals surface area contributed by atoms with Crippen LogP contribution in [0.1, 0.15) is 56.8 Å². The van der Waals surface area contributed by atoms with Crippen molar-refractivity contribution in [3.8, 4) is 34.5 Å². The van der Waals surface area contributed by atoms with Crippen molar-refractivity contribution in [2.24, 2.45) is 0 Å². The number of carbonyl (C=O) groups is 2. The zero-order chi connectivity index (χ0) is 30.8. The number of aryl methyl sites for hydroxylation is 4. The van der Waals surface area contributed by atoms with Crippen LogP contribution < -0.4 is 9.47 Å². The van der Waals surface area contributed by atoms with Gasteiger partial charge in [0.25, 0.3) is 0 Å². The fourth-order valence-electron chi connectivity index (χ4n) is 4.05. The molecule has 0 radical (unpaired) electrons. The lowest BCUT2D eigenvalue weighted by Crippen LogP contribution is -2.12. The highest BCUT2D eigenvalue weighted by atomic mass is 16.5. The van der Waals surface area contributed by atoms with E-state index in [1.165, 1.54) is 24.3 Å². The molecule has 0 saturated heterocycles. The van der Waals surface area contributed by atoms with Crippen LogP contribution in [0, 0.1) is 13.8 Å². The van der Waals surface area contributed by atoms with Gasteiger partial charge in [0.05, 0.1) is 11.1 Å². The molecule has 4 aromatic carbocycles. The van der Waals surface area contributed by atoms with E-state index in [2.05, 4.69) is 0 Å². The van der Waals surface area contributed by atoms with Crippen molar-refractivity contribution < 1.29 is 39.5 Å². The molecule has 0 amide bonds. The second kappa shape index (κ2) is 14.6. The fraction of sp³-hybridized carbons (Fsp3) is 0.235. The molecule has 4 aromatic rings. The van der Waals surface area contributed by atoms with Gasteiger partial charge in [0.1, 0.15) is 34.5 Å². The molecular formula is C34H36O8. The summed E-state index contributed by atoms with van der Waals surface area (Å²) in [6, 6.07) is 20.2. The summed E-state index contributed by atoms with van der Waals surface area (Å²) < 4.78 is 10.9. The van der Waals surface area contributed by atoms with Crippen LogP contribution in [-0.2, 0) is 12.8 Å². The second-order valence-corrected chi connectivity index (χ2v) is 9.76. The standard InChI is InChI=1S/2C17H18O4/c1-3-12-8-14(16(19)9-15(12)18)17(20)10-21-13-6-4-11(2)5-7-13;1-3-12-8-14(16(19)9-15(12)18)17(20)10-21-13-6-4-5-11(2)7-13/h2*4-9,18-19H,3,10H2,1-2H3. The van der Waals surface area contributed by atoms with E-state index < -0.39 is 0 Å². The molecule has 0 aliphatic rings. The number of phenolic OH excluding ortho intramolecular Hbond substituents is 4. The predicted octanol–water partition coefficient (Wildman–Crippen LogP) is 6.46. The van der Waals surface area contributed by atoms with E-state index in [4.69, 9.17) is 9.47 Å². The smallest absolute Gasteiger partial charge is 0.203 e. The Bertz CT molecular complexity index is 1540. The van der Waals surface area contributed by atoms with Crippen LogP contribution in [0.25, 0.3) is 0 Å². The fourth-order valence-corrected chi connectivity index (χ4v) is 4.05. The van der Waals surface area contributed by atoms with Gasteiger partial charge in [-0.05, 0) is 79.8 Å². The van der Waals surface area contributed by atoms with E-state index in [1.807, 2.05) is 58.0 Å². The van der Waals surface area contributed by atoms with Crippen molar-refractivity contribution in [3.63, 3.8) is 0 Å². The lowest BCUT2D eigenvalue weighted by molar-refractivity contribution is 0.0911. The SMILES string of the molecule is CCc1cc(C(=O)COc2ccc(C)cc2)c(O)cc1O.CCc1cc(C(=O)COc2cccc(C)c2)c(O)cc1O. The Balaban J connectivity index is 0.000000230. The molecule has 220 valence electrons. The van der Waals surface area contributed by atoms with Crippen molar-refractivity contribution >= 4 is 11.6 Å². The Morgan fingerprint density at radius 3 is 1.50 bits per heavy atom. The summed E-state index contributed by atoms with van der Waals surface area (Å²) in [5.41, 5.74) is 3.71. The number of rotatable bonds is 10. The first-order chi connectivity index (χ1) is 20.0. The van der Waals surface area contributed by atoms with Crippen molar-refractivity contribution in [2.75, 3.05) is 13.2 Å². The number of ether oxygens (including phenoxy) is 2. The molecule has 0 saturated carbocycles. The average molecular weight is 573 g/mol. The van der Waals surface area contributed by atoms with Gasteiger partial charge in [-0.25, -0.2) is 0 Å². The van der Waals surface area contributed by atoms with Gasteiger partial charge >= 0.3 is 0 Å². The van der Waals surface area contributed by atoms with E-state index in [-0.39, 0.29) is 58.9 Å². The first-order valence-corrected chi connectivity index (χ1v) is 13.6. The van der Waals surface area contributed by atoms with E-state index in [0.29, 0.717) is 35.5 Å². The highest BCUT2D eigenvalue weighted by Crippen LogP contribution is 2.29. The van der Waals surface area contributed by atoms with Gasteiger partial charge in [-0.1, -0.05) is 43.7 Å². The summed E-state index contributed by atoms with van der Waals surface area (Å²) in [4.78, 5) is 24.3. The average Bonchev–Trinajstić information content (AvgIpc) is 2.96. The summed E-state index contributed by atoms with van der Waals surface area (Å²) in [7, 11) is 0. The van der Waals surface area contributed by atoms with Gasteiger partial charge in [-0.2, -0.15) is 0 Å². The van der Waals surface area contributed by atoms with Crippen LogP contribution in [-0.4, -0.2) is 45.2 Å². The van der Waals surface area contributed by atoms with Crippen LogP contribution in [0.15, 0.2) is 72.8 Å². The molecule has 0 aromatic heterocycles. The Labute approximate surface area is 245 Å². The molecule has 0 fully saturated rings. The van der Waals surface area contributed by atoms with Gasteiger partial charge in [0.15, 0.2) is 13.2 Å². The third-order valence-electron chi connectivity index (χ3n) is 6.51. The Morgan fingerprint density at radius 2 is 1.05 bits per heavy atom. The van der Waals surface area contributed by atoms with Crippen molar-refractivity contribution in [2.45, 2.75) is 40.5 Å². The van der Waals surface area contributed by atoms with Crippen molar-refractivity contribution in [3.05, 3.63) is 106 Å². The maximum absolute atomic E-state index is 12.1. The maximum Gasteiger partial charge on any atom is 0.203 e. The number of ketones is 2. The third kappa shape index (κ3) is 8.51. The maximum atomic E-state index is 12.1. The van der Waals surface area contributed by atoms with Crippen molar-refractivity contribution in [1.82, 2.24) is 0 Å². The second-order valence-electron chi connectivity index (χ2n) is 9.76. The Kier molecular flexibility index (Phi) is 11.0. The highest BCUT2D eigenvalue weighted by molar-refractivity contribution is 6.00. The topological polar surface area (TPSA) is 134 Å². The summed E-state index contributed by atoms with van der Waals surface area (Å²) in [6.45, 7) is 7.31. The number of Topliss-reactive ketones (excluding diaryl/α,β-unsaturated/α-hetero) is 2. The highest BCUT2D eigenvalue weighted by Gasteiger charge is 2.16. The molecule has 0 aliphatic carbocycles. The van der Waals surface area contributed by atoms with E-state index >= 15 is 0 Å². The largest absolute Gasteiger partial charge is 0.508 e. The normalized spacial score (nSPS) is 10.4. The molecule has 0 spiro atoms. The lowest BCUT2D eigenvalue weighted by Gasteiger charge is -2.10. The molecule has 4 N–H and O–H groups in total. The molecular weight excluding hydrogens is 536 g/mol. The van der Waals surface area contributed by atoms with Crippen LogP contribution in [0.5, 0.6) is 34.5 Å². The van der Waals surface area contributed by atoms with Crippen molar-refractivity contribution in [1.29, 1.82) is 0 Å². The predicted molar refractivity (Wildman–Crippen MR) is 160 cm³/mol. The lowest BCUT2D eigenvalue weighted by atomic mass is 10.0. The van der Waals surface area contributed by atoms with Gasteiger partial charge in [-0.15, -0.1) is 0 Å². The Morgan fingerprint density at radius 1 is 0.571 bits per heavy atom. The summed E-state index contributed by atoms with van der Waals surface area (Å²) in [5.74, 6) is 0.0636. The molecule has 4 rings (SSSR count). The molecule has 0 unspecified atom stereocenters. The molecule has 0 aliphatic heterocycles. The number of aromatic hydroxyl groups is 4. The minimum atomic E-state index is -0.331. The summed E-state index contributed by atoms with van der Waals surface area (Å²) in [6.07, 6.45) is 1.15. The minimum Gasteiger partial charge on any atom is -0.508 e. The molecule has 0 bridgehead atoms. The number of phenols is 4. The van der Waals surface area contributed by atoms with Gasteiger partial charge in [0.2, 0.25) is 11.6 Å². The molecule has 42 heavy (non-hydrogen) atoms. The molecule has 8 nitrogen and oxygen atoms in total. The van der Waals surface area contributed by atoms with Crippen LogP contribution in [0.4, 0.5) is 0 Å². The number of hydrogen-bond donors (Lipinski definition) is 4. The molecule has 0 heterocycles. The molecule has 8 heteroatoms. The minimum absolute atomic E-state index is 0.00819. The zero-order valence-corrected chi connectivity index (χ0v) is 24.2. The number of benzene rings is 4. The zero-order valence-electron chi connectivity index (χ0n) is 24.2. The quantitative estimate of drug-likeness (QED) is 0.159. The monoisotopic (exact) mass is 572 g/mol. The Hall–Kier alpha value is -4.98. The van der Waals surface area contributed by atoms with Gasteiger partial charge in [-0.3, -0.25) is 9.59 Å². The number of hydrogen-bond acceptors (Lipinski definition) is 8.